The summed E-state index contributed by atoms with van der Waals surface area (Å²) in [7, 11) is 0. The fraction of sp³-hybridized carbons (Fsp3) is 0.625. The lowest BCUT2D eigenvalue weighted by molar-refractivity contribution is 0.0679. The van der Waals surface area contributed by atoms with Gasteiger partial charge in [0.05, 0.1) is 12.7 Å². The Kier molecular flexibility index (Phi) is 5.23. The molecule has 0 aliphatic carbocycles. The molecule has 0 aromatic heterocycles. The van der Waals surface area contributed by atoms with E-state index in [1.807, 2.05) is 6.07 Å². The number of hydrogen-bond donors (Lipinski definition) is 1. The zero-order valence-corrected chi connectivity index (χ0v) is 12.1. The first-order chi connectivity index (χ1) is 9.15. The van der Waals surface area contributed by atoms with E-state index in [0.717, 1.165) is 51.3 Å². The quantitative estimate of drug-likeness (QED) is 0.829. The zero-order chi connectivity index (χ0) is 13.7. The summed E-state index contributed by atoms with van der Waals surface area (Å²) in [5, 5.41) is 9.60. The fourth-order valence-corrected chi connectivity index (χ4v) is 2.52. The summed E-state index contributed by atoms with van der Waals surface area (Å²) >= 11 is 0. The molecule has 106 valence electrons. The van der Waals surface area contributed by atoms with Crippen LogP contribution in [0.2, 0.25) is 0 Å². The van der Waals surface area contributed by atoms with Crippen LogP contribution in [0.5, 0.6) is 5.75 Å². The SMILES string of the molecule is Cc1ccc(OCCCN2CCC[C@H](O)C2)cc1C. The summed E-state index contributed by atoms with van der Waals surface area (Å²) in [5.74, 6) is 0.960. The van der Waals surface area contributed by atoms with E-state index in [2.05, 4.69) is 30.9 Å². The van der Waals surface area contributed by atoms with Crippen molar-refractivity contribution in [1.82, 2.24) is 4.90 Å². The standard InChI is InChI=1S/C16H25NO2/c1-13-6-7-16(11-14(13)2)19-10-4-9-17-8-3-5-15(18)12-17/h6-7,11,15,18H,3-5,8-10,12H2,1-2H3/t15-/m0/s1. The fourth-order valence-electron chi connectivity index (χ4n) is 2.52. The van der Waals surface area contributed by atoms with Gasteiger partial charge in [-0.05, 0) is 62.9 Å². The summed E-state index contributed by atoms with van der Waals surface area (Å²) in [6.07, 6.45) is 2.95. The minimum absolute atomic E-state index is 0.130. The molecular formula is C16H25NO2. The Balaban J connectivity index is 1.67. The minimum atomic E-state index is -0.130. The first kappa shape index (κ1) is 14.4. The smallest absolute Gasteiger partial charge is 0.119 e. The molecular weight excluding hydrogens is 238 g/mol. The Labute approximate surface area is 116 Å². The van der Waals surface area contributed by atoms with E-state index < -0.39 is 0 Å². The molecule has 0 amide bonds. The molecule has 1 fully saturated rings. The molecule has 0 saturated carbocycles. The monoisotopic (exact) mass is 263 g/mol. The van der Waals surface area contributed by atoms with Crippen LogP contribution < -0.4 is 4.74 Å². The van der Waals surface area contributed by atoms with Crippen molar-refractivity contribution < 1.29 is 9.84 Å². The molecule has 1 aliphatic heterocycles. The predicted molar refractivity (Wildman–Crippen MR) is 77.7 cm³/mol. The van der Waals surface area contributed by atoms with Crippen molar-refractivity contribution in [1.29, 1.82) is 0 Å². The van der Waals surface area contributed by atoms with E-state index in [1.165, 1.54) is 11.1 Å². The van der Waals surface area contributed by atoms with Crippen LogP contribution in [0.1, 0.15) is 30.4 Å². The second-order valence-corrected chi connectivity index (χ2v) is 5.54. The van der Waals surface area contributed by atoms with E-state index in [0.29, 0.717) is 0 Å². The van der Waals surface area contributed by atoms with Crippen molar-refractivity contribution in [2.45, 2.75) is 39.2 Å². The lowest BCUT2D eigenvalue weighted by Crippen LogP contribution is -2.39. The van der Waals surface area contributed by atoms with Gasteiger partial charge >= 0.3 is 0 Å². The Hall–Kier alpha value is -1.06. The molecule has 1 aromatic carbocycles. The number of ether oxygens (including phenoxy) is 1. The summed E-state index contributed by atoms with van der Waals surface area (Å²) in [5.41, 5.74) is 2.58. The van der Waals surface area contributed by atoms with Crippen molar-refractivity contribution in [3.63, 3.8) is 0 Å². The highest BCUT2D eigenvalue weighted by atomic mass is 16.5. The third-order valence-electron chi connectivity index (χ3n) is 3.85. The van der Waals surface area contributed by atoms with Gasteiger partial charge in [0.2, 0.25) is 0 Å². The number of aliphatic hydroxyl groups is 1. The molecule has 3 nitrogen and oxygen atoms in total. The van der Waals surface area contributed by atoms with Gasteiger partial charge < -0.3 is 14.7 Å². The number of nitrogens with zero attached hydrogens (tertiary/aromatic N) is 1. The van der Waals surface area contributed by atoms with E-state index in [-0.39, 0.29) is 6.10 Å². The highest BCUT2D eigenvalue weighted by Crippen LogP contribution is 2.16. The third-order valence-corrected chi connectivity index (χ3v) is 3.85. The van der Waals surface area contributed by atoms with Crippen LogP contribution in [0.25, 0.3) is 0 Å². The third kappa shape index (κ3) is 4.51. The molecule has 19 heavy (non-hydrogen) atoms. The van der Waals surface area contributed by atoms with Gasteiger partial charge in [0.1, 0.15) is 5.75 Å². The van der Waals surface area contributed by atoms with Crippen LogP contribution in [-0.4, -0.2) is 42.4 Å². The zero-order valence-electron chi connectivity index (χ0n) is 12.1. The summed E-state index contributed by atoms with van der Waals surface area (Å²) < 4.78 is 5.77. The largest absolute Gasteiger partial charge is 0.494 e. The van der Waals surface area contributed by atoms with Crippen LogP contribution in [0.3, 0.4) is 0 Å². The molecule has 0 unspecified atom stereocenters. The van der Waals surface area contributed by atoms with Gasteiger partial charge in [-0.2, -0.15) is 0 Å². The summed E-state index contributed by atoms with van der Waals surface area (Å²) in [4.78, 5) is 2.33. The number of hydrogen-bond acceptors (Lipinski definition) is 3. The lowest BCUT2D eigenvalue weighted by atomic mass is 10.1. The van der Waals surface area contributed by atoms with Crippen LogP contribution in [0.4, 0.5) is 0 Å². The highest BCUT2D eigenvalue weighted by Gasteiger charge is 2.16. The molecule has 1 aliphatic rings. The molecule has 1 saturated heterocycles. The maximum atomic E-state index is 9.60. The van der Waals surface area contributed by atoms with Crippen molar-refractivity contribution in [3.8, 4) is 5.75 Å². The molecule has 1 aromatic rings. The Morgan fingerprint density at radius 1 is 1.32 bits per heavy atom. The van der Waals surface area contributed by atoms with E-state index in [1.54, 1.807) is 0 Å². The number of β-amino-alcohol motifs (C(OH)–C–C–N with tert-alkyl or cyclic N) is 1. The van der Waals surface area contributed by atoms with E-state index in [4.69, 9.17) is 4.74 Å². The molecule has 0 radical (unpaired) electrons. The van der Waals surface area contributed by atoms with Gasteiger partial charge in [0, 0.05) is 13.1 Å². The van der Waals surface area contributed by atoms with Gasteiger partial charge in [0.25, 0.3) is 0 Å². The normalized spacial score (nSPS) is 20.5. The number of rotatable bonds is 5. The van der Waals surface area contributed by atoms with Crippen molar-refractivity contribution in [2.24, 2.45) is 0 Å². The van der Waals surface area contributed by atoms with Crippen LogP contribution in [0, 0.1) is 13.8 Å². The van der Waals surface area contributed by atoms with Crippen molar-refractivity contribution >= 4 is 0 Å². The van der Waals surface area contributed by atoms with Crippen LogP contribution in [-0.2, 0) is 0 Å². The van der Waals surface area contributed by atoms with Gasteiger partial charge in [0.15, 0.2) is 0 Å². The number of benzene rings is 1. The molecule has 0 spiro atoms. The number of piperidine rings is 1. The van der Waals surface area contributed by atoms with Gasteiger partial charge in [-0.1, -0.05) is 6.07 Å². The molecule has 3 heteroatoms. The van der Waals surface area contributed by atoms with E-state index in [9.17, 15) is 5.11 Å². The second kappa shape index (κ2) is 6.92. The lowest BCUT2D eigenvalue weighted by Gasteiger charge is -2.29. The molecule has 1 heterocycles. The second-order valence-electron chi connectivity index (χ2n) is 5.54. The maximum absolute atomic E-state index is 9.60. The van der Waals surface area contributed by atoms with Gasteiger partial charge in [-0.3, -0.25) is 0 Å². The predicted octanol–water partition coefficient (Wildman–Crippen LogP) is 2.53. The Morgan fingerprint density at radius 3 is 2.89 bits per heavy atom. The molecule has 1 atom stereocenters. The first-order valence-corrected chi connectivity index (χ1v) is 7.25. The van der Waals surface area contributed by atoms with Gasteiger partial charge in [-0.15, -0.1) is 0 Å². The Morgan fingerprint density at radius 2 is 2.16 bits per heavy atom. The highest BCUT2D eigenvalue weighted by molar-refractivity contribution is 5.33. The summed E-state index contributed by atoms with van der Waals surface area (Å²) in [6.45, 7) is 7.92. The minimum Gasteiger partial charge on any atom is -0.494 e. The maximum Gasteiger partial charge on any atom is 0.119 e. The van der Waals surface area contributed by atoms with Gasteiger partial charge in [-0.25, -0.2) is 0 Å². The van der Waals surface area contributed by atoms with Crippen LogP contribution in [0.15, 0.2) is 18.2 Å². The topological polar surface area (TPSA) is 32.7 Å². The molecule has 2 rings (SSSR count). The Bertz CT molecular complexity index is 406. The molecule has 0 bridgehead atoms. The number of aryl methyl sites for hydroxylation is 2. The number of aliphatic hydroxyl groups excluding tert-OH is 1. The van der Waals surface area contributed by atoms with Crippen molar-refractivity contribution in [3.05, 3.63) is 29.3 Å². The average Bonchev–Trinajstić information content (AvgIpc) is 2.39. The van der Waals surface area contributed by atoms with Crippen molar-refractivity contribution in [2.75, 3.05) is 26.2 Å². The first-order valence-electron chi connectivity index (χ1n) is 7.25. The van der Waals surface area contributed by atoms with E-state index >= 15 is 0 Å². The number of likely N-dealkylation sites (tertiary alicyclic amines) is 1. The molecule has 1 N–H and O–H groups in total. The summed E-state index contributed by atoms with van der Waals surface area (Å²) in [6, 6.07) is 6.23. The average molecular weight is 263 g/mol. The van der Waals surface area contributed by atoms with Crippen LogP contribution >= 0.6 is 0 Å².